The molecule has 2 aliphatic rings. The fourth-order valence-electron chi connectivity index (χ4n) is 2.87. The Balaban J connectivity index is 1.80. The van der Waals surface area contributed by atoms with Crippen LogP contribution in [0.25, 0.3) is 0 Å². The predicted octanol–water partition coefficient (Wildman–Crippen LogP) is 1.01. The number of carbonyl (C=O) groups is 5. The van der Waals surface area contributed by atoms with Crippen LogP contribution >= 0.6 is 0 Å². The van der Waals surface area contributed by atoms with E-state index < -0.39 is 41.8 Å². The molecule has 1 aliphatic heterocycles. The lowest BCUT2D eigenvalue weighted by Crippen LogP contribution is -2.43. The van der Waals surface area contributed by atoms with Crippen LogP contribution in [0, 0.1) is 11.8 Å². The van der Waals surface area contributed by atoms with Gasteiger partial charge in [0.1, 0.15) is 0 Å². The number of hydrogen-bond acceptors (Lipinski definition) is 6. The number of hydrogen-bond donors (Lipinski definition) is 0. The molecule has 1 fully saturated rings. The van der Waals surface area contributed by atoms with Crippen molar-refractivity contribution in [1.82, 2.24) is 4.90 Å². The number of carbonyl (C=O) groups excluding carboxylic acids is 5. The first kappa shape index (κ1) is 17.0. The minimum Gasteiger partial charge on any atom is -0.465 e. The Bertz CT molecular complexity index is 745. The fourth-order valence-corrected chi connectivity index (χ4v) is 2.87. The summed E-state index contributed by atoms with van der Waals surface area (Å²) in [6.07, 6.45) is 1.27. The van der Waals surface area contributed by atoms with Gasteiger partial charge in [0.05, 0.1) is 24.3 Å². The number of esters is 1. The monoisotopic (exact) mass is 343 g/mol. The Morgan fingerprint density at radius 2 is 1.68 bits per heavy atom. The summed E-state index contributed by atoms with van der Waals surface area (Å²) >= 11 is 0. The molecule has 0 aromatic heterocycles. The van der Waals surface area contributed by atoms with Crippen LogP contribution in [0.4, 0.5) is 0 Å². The van der Waals surface area contributed by atoms with Gasteiger partial charge in [0.25, 0.3) is 11.8 Å². The highest BCUT2D eigenvalue weighted by molar-refractivity contribution is 6.25. The van der Waals surface area contributed by atoms with E-state index in [0.717, 1.165) is 4.90 Å². The minimum absolute atomic E-state index is 0.0353. The van der Waals surface area contributed by atoms with Crippen molar-refractivity contribution in [3.63, 3.8) is 0 Å². The standard InChI is InChI=1S/C18H17NO6/c1-2-25-18(24)14(15(21)10-7-8-10)13(20)9-19-16(22)11-5-3-4-6-12(11)17(19)23/h3-6,10,14H,2,7-9H2,1H3. The zero-order chi connectivity index (χ0) is 18.1. The van der Waals surface area contributed by atoms with E-state index in [1.54, 1.807) is 19.1 Å². The van der Waals surface area contributed by atoms with Crippen molar-refractivity contribution >= 4 is 29.4 Å². The zero-order valence-electron chi connectivity index (χ0n) is 13.7. The summed E-state index contributed by atoms with van der Waals surface area (Å²) in [7, 11) is 0. The Hall–Kier alpha value is -2.83. The maximum atomic E-state index is 12.6. The summed E-state index contributed by atoms with van der Waals surface area (Å²) < 4.78 is 4.84. The van der Waals surface area contributed by atoms with Gasteiger partial charge in [-0.15, -0.1) is 0 Å². The summed E-state index contributed by atoms with van der Waals surface area (Å²) in [6, 6.07) is 6.23. The van der Waals surface area contributed by atoms with Gasteiger partial charge in [0.15, 0.2) is 17.5 Å². The number of fused-ring (bicyclic) bond motifs is 1. The first-order chi connectivity index (χ1) is 12.0. The molecule has 130 valence electrons. The van der Waals surface area contributed by atoms with Crippen LogP contribution < -0.4 is 0 Å². The molecular weight excluding hydrogens is 326 g/mol. The van der Waals surface area contributed by atoms with Gasteiger partial charge in [-0.3, -0.25) is 28.9 Å². The SMILES string of the molecule is CCOC(=O)C(C(=O)CN1C(=O)c2ccccc2C1=O)C(=O)C1CC1. The smallest absolute Gasteiger partial charge is 0.324 e. The molecule has 7 nitrogen and oxygen atoms in total. The lowest BCUT2D eigenvalue weighted by atomic mass is 9.95. The molecule has 7 heteroatoms. The third-order valence-electron chi connectivity index (χ3n) is 4.30. The maximum absolute atomic E-state index is 12.6. The predicted molar refractivity (Wildman–Crippen MR) is 84.7 cm³/mol. The molecule has 1 aromatic carbocycles. The highest BCUT2D eigenvalue weighted by Gasteiger charge is 2.45. The van der Waals surface area contributed by atoms with Gasteiger partial charge in [-0.25, -0.2) is 0 Å². The van der Waals surface area contributed by atoms with E-state index in [9.17, 15) is 24.0 Å². The second-order valence-electron chi connectivity index (χ2n) is 6.07. The lowest BCUT2D eigenvalue weighted by molar-refractivity contribution is -0.155. The van der Waals surface area contributed by atoms with Crippen LogP contribution in [0.1, 0.15) is 40.5 Å². The minimum atomic E-state index is -1.57. The van der Waals surface area contributed by atoms with Crippen LogP contribution in [-0.4, -0.2) is 47.4 Å². The van der Waals surface area contributed by atoms with E-state index in [-0.39, 0.29) is 23.7 Å². The van der Waals surface area contributed by atoms with Crippen LogP contribution in [0.15, 0.2) is 24.3 Å². The molecule has 0 radical (unpaired) electrons. The molecule has 0 bridgehead atoms. The molecule has 2 amide bonds. The van der Waals surface area contributed by atoms with Crippen molar-refractivity contribution in [3.8, 4) is 0 Å². The number of Topliss-reactive ketones (excluding diaryl/α,β-unsaturated/α-hetero) is 2. The molecule has 1 aromatic rings. The summed E-state index contributed by atoms with van der Waals surface area (Å²) in [4.78, 5) is 62.4. The number of rotatable bonds is 7. The number of nitrogens with zero attached hydrogens (tertiary/aromatic N) is 1. The van der Waals surface area contributed by atoms with E-state index >= 15 is 0 Å². The molecule has 1 atom stereocenters. The van der Waals surface area contributed by atoms with Crippen molar-refractivity contribution in [2.24, 2.45) is 11.8 Å². The summed E-state index contributed by atoms with van der Waals surface area (Å²) in [5, 5.41) is 0. The number of imide groups is 1. The summed E-state index contributed by atoms with van der Waals surface area (Å²) in [5.41, 5.74) is 0.419. The third-order valence-corrected chi connectivity index (χ3v) is 4.30. The molecule has 25 heavy (non-hydrogen) atoms. The van der Waals surface area contributed by atoms with E-state index in [4.69, 9.17) is 4.74 Å². The lowest BCUT2D eigenvalue weighted by Gasteiger charge is -2.17. The summed E-state index contributed by atoms with van der Waals surface area (Å²) in [6.45, 7) is 0.993. The first-order valence-electron chi connectivity index (χ1n) is 8.14. The van der Waals surface area contributed by atoms with Crippen LogP contribution in [-0.2, 0) is 19.1 Å². The van der Waals surface area contributed by atoms with Crippen LogP contribution in [0.3, 0.4) is 0 Å². The van der Waals surface area contributed by atoms with E-state index in [1.165, 1.54) is 12.1 Å². The molecule has 0 saturated heterocycles. The summed E-state index contributed by atoms with van der Waals surface area (Å²) in [5.74, 6) is -5.28. The van der Waals surface area contributed by atoms with Crippen molar-refractivity contribution in [3.05, 3.63) is 35.4 Å². The molecule has 1 aliphatic carbocycles. The molecule has 1 unspecified atom stereocenters. The van der Waals surface area contributed by atoms with E-state index in [2.05, 4.69) is 0 Å². The van der Waals surface area contributed by atoms with E-state index in [1.807, 2.05) is 0 Å². The molecule has 3 rings (SSSR count). The van der Waals surface area contributed by atoms with Gasteiger partial charge >= 0.3 is 5.97 Å². The zero-order valence-corrected chi connectivity index (χ0v) is 13.7. The Labute approximate surface area is 143 Å². The van der Waals surface area contributed by atoms with Gasteiger partial charge in [0.2, 0.25) is 0 Å². The highest BCUT2D eigenvalue weighted by atomic mass is 16.5. The largest absolute Gasteiger partial charge is 0.465 e. The average molecular weight is 343 g/mol. The van der Waals surface area contributed by atoms with Gasteiger partial charge in [-0.1, -0.05) is 12.1 Å². The average Bonchev–Trinajstić information content (AvgIpc) is 3.41. The Kier molecular flexibility index (Phi) is 4.48. The topological polar surface area (TPSA) is 97.8 Å². The molecular formula is C18H17NO6. The fraction of sp³-hybridized carbons (Fsp3) is 0.389. The second kappa shape index (κ2) is 6.58. The highest BCUT2D eigenvalue weighted by Crippen LogP contribution is 2.33. The van der Waals surface area contributed by atoms with Gasteiger partial charge in [0, 0.05) is 5.92 Å². The first-order valence-corrected chi connectivity index (χ1v) is 8.14. The van der Waals surface area contributed by atoms with Crippen molar-refractivity contribution in [2.45, 2.75) is 19.8 Å². The molecule has 0 N–H and O–H groups in total. The third kappa shape index (κ3) is 3.09. The van der Waals surface area contributed by atoms with Gasteiger partial charge in [-0.05, 0) is 31.9 Å². The number of benzene rings is 1. The molecule has 1 saturated carbocycles. The number of ketones is 2. The molecule has 0 spiro atoms. The van der Waals surface area contributed by atoms with Gasteiger partial charge in [-0.2, -0.15) is 0 Å². The maximum Gasteiger partial charge on any atom is 0.324 e. The van der Waals surface area contributed by atoms with Crippen LogP contribution in [0.5, 0.6) is 0 Å². The van der Waals surface area contributed by atoms with E-state index in [0.29, 0.717) is 12.8 Å². The Morgan fingerprint density at radius 1 is 1.12 bits per heavy atom. The quantitative estimate of drug-likeness (QED) is 0.416. The molecule has 1 heterocycles. The van der Waals surface area contributed by atoms with Crippen molar-refractivity contribution in [1.29, 1.82) is 0 Å². The van der Waals surface area contributed by atoms with Crippen molar-refractivity contribution in [2.75, 3.05) is 13.2 Å². The number of ether oxygens (including phenoxy) is 1. The van der Waals surface area contributed by atoms with Crippen molar-refractivity contribution < 1.29 is 28.7 Å². The Morgan fingerprint density at radius 3 is 2.16 bits per heavy atom. The second-order valence-corrected chi connectivity index (χ2v) is 6.07. The van der Waals surface area contributed by atoms with Crippen LogP contribution in [0.2, 0.25) is 0 Å². The van der Waals surface area contributed by atoms with Gasteiger partial charge < -0.3 is 4.74 Å². The number of amides is 2. The normalized spacial score (nSPS) is 17.2.